The van der Waals surface area contributed by atoms with Gasteiger partial charge in [0.1, 0.15) is 6.07 Å². The van der Waals surface area contributed by atoms with Gasteiger partial charge in [-0.3, -0.25) is 0 Å². The number of nitriles is 1. The molecule has 0 spiro atoms. The summed E-state index contributed by atoms with van der Waals surface area (Å²) in [4.78, 5) is 3.89. The van der Waals surface area contributed by atoms with Gasteiger partial charge in [0, 0.05) is 0 Å². The highest BCUT2D eigenvalue weighted by Crippen LogP contribution is 2.19. The van der Waals surface area contributed by atoms with E-state index in [0.717, 1.165) is 11.3 Å². The van der Waals surface area contributed by atoms with Crippen LogP contribution < -0.4 is 5.32 Å². The second-order valence-corrected chi connectivity index (χ2v) is 3.31. The fraction of sp³-hybridized carbons (Fsp3) is 0.182. The molecule has 5 heteroatoms. The van der Waals surface area contributed by atoms with Crippen LogP contribution in [0.3, 0.4) is 0 Å². The van der Waals surface area contributed by atoms with Crippen molar-refractivity contribution in [2.24, 2.45) is 0 Å². The Hall–Kier alpha value is -2.35. The highest BCUT2D eigenvalue weighted by atomic mass is 16.5. The first-order valence-electron chi connectivity index (χ1n) is 4.80. The van der Waals surface area contributed by atoms with E-state index in [1.165, 1.54) is 6.39 Å². The molecule has 0 aliphatic carbocycles. The van der Waals surface area contributed by atoms with Crippen LogP contribution in [0.2, 0.25) is 0 Å². The molecule has 16 heavy (non-hydrogen) atoms. The van der Waals surface area contributed by atoms with Crippen LogP contribution in [0.4, 0.5) is 5.69 Å². The highest BCUT2D eigenvalue weighted by molar-refractivity contribution is 5.62. The van der Waals surface area contributed by atoms with Crippen LogP contribution in [0.1, 0.15) is 17.0 Å². The summed E-state index contributed by atoms with van der Waals surface area (Å²) in [5.41, 5.74) is 2.45. The second kappa shape index (κ2) is 4.45. The van der Waals surface area contributed by atoms with Crippen molar-refractivity contribution in [1.82, 2.24) is 10.1 Å². The third-order valence-corrected chi connectivity index (χ3v) is 2.22. The van der Waals surface area contributed by atoms with E-state index in [0.29, 0.717) is 17.9 Å². The first kappa shape index (κ1) is 10.2. The fourth-order valence-electron chi connectivity index (χ4n) is 1.43. The Morgan fingerprint density at radius 3 is 3.06 bits per heavy atom. The Balaban J connectivity index is 2.18. The maximum atomic E-state index is 8.96. The molecule has 1 aromatic heterocycles. The predicted octanol–water partition coefficient (Wildman–Crippen LogP) is 1.86. The molecular weight excluding hydrogens is 204 g/mol. The van der Waals surface area contributed by atoms with E-state index in [1.807, 2.05) is 19.1 Å². The van der Waals surface area contributed by atoms with Crippen LogP contribution in [-0.2, 0) is 6.54 Å². The molecule has 5 nitrogen and oxygen atoms in total. The van der Waals surface area contributed by atoms with Gasteiger partial charge in [0.05, 0.1) is 17.8 Å². The van der Waals surface area contributed by atoms with Gasteiger partial charge >= 0.3 is 0 Å². The zero-order chi connectivity index (χ0) is 11.4. The molecule has 0 aliphatic heterocycles. The minimum atomic E-state index is 0.441. The summed E-state index contributed by atoms with van der Waals surface area (Å²) in [6, 6.07) is 7.71. The van der Waals surface area contributed by atoms with Crippen LogP contribution in [0.25, 0.3) is 0 Å². The van der Waals surface area contributed by atoms with E-state index < -0.39 is 0 Å². The quantitative estimate of drug-likeness (QED) is 0.844. The standard InChI is InChI=1S/C11H10N4O/c1-8-3-2-4-9(5-12)11(8)13-6-10-14-7-16-15-10/h2-4,7,13H,6H2,1H3. The highest BCUT2D eigenvalue weighted by Gasteiger charge is 2.05. The Labute approximate surface area is 92.7 Å². The smallest absolute Gasteiger partial charge is 0.213 e. The normalized spacial score (nSPS) is 9.75. The van der Waals surface area contributed by atoms with Crippen LogP contribution in [-0.4, -0.2) is 10.1 Å². The summed E-state index contributed by atoms with van der Waals surface area (Å²) in [6.45, 7) is 2.38. The van der Waals surface area contributed by atoms with Crippen LogP contribution in [0.15, 0.2) is 29.1 Å². The van der Waals surface area contributed by atoms with Gasteiger partial charge in [0.25, 0.3) is 0 Å². The third-order valence-electron chi connectivity index (χ3n) is 2.22. The SMILES string of the molecule is Cc1cccc(C#N)c1NCc1ncon1. The van der Waals surface area contributed by atoms with E-state index in [2.05, 4.69) is 26.0 Å². The van der Waals surface area contributed by atoms with Crippen molar-refractivity contribution in [2.45, 2.75) is 13.5 Å². The van der Waals surface area contributed by atoms with E-state index in [4.69, 9.17) is 5.26 Å². The average molecular weight is 214 g/mol. The van der Waals surface area contributed by atoms with Gasteiger partial charge in [-0.25, -0.2) is 0 Å². The zero-order valence-corrected chi connectivity index (χ0v) is 8.77. The lowest BCUT2D eigenvalue weighted by molar-refractivity contribution is 0.411. The molecule has 0 saturated heterocycles. The summed E-state index contributed by atoms with van der Waals surface area (Å²) in [5, 5.41) is 15.8. The number of nitrogens with one attached hydrogen (secondary N) is 1. The molecule has 1 aromatic carbocycles. The van der Waals surface area contributed by atoms with Crippen molar-refractivity contribution in [3.8, 4) is 6.07 Å². The predicted molar refractivity (Wildman–Crippen MR) is 57.5 cm³/mol. The topological polar surface area (TPSA) is 74.7 Å². The number of hydrogen-bond donors (Lipinski definition) is 1. The summed E-state index contributed by atoms with van der Waals surface area (Å²) in [7, 11) is 0. The number of rotatable bonds is 3. The molecule has 80 valence electrons. The maximum Gasteiger partial charge on any atom is 0.213 e. The summed E-state index contributed by atoms with van der Waals surface area (Å²) >= 11 is 0. The van der Waals surface area contributed by atoms with Gasteiger partial charge in [0.2, 0.25) is 6.39 Å². The van der Waals surface area contributed by atoms with Gasteiger partial charge in [-0.2, -0.15) is 10.2 Å². The molecular formula is C11H10N4O. The Kier molecular flexibility index (Phi) is 2.83. The lowest BCUT2D eigenvalue weighted by Crippen LogP contribution is -2.04. The van der Waals surface area contributed by atoms with Crippen molar-refractivity contribution in [1.29, 1.82) is 5.26 Å². The molecule has 1 N–H and O–H groups in total. The molecule has 0 radical (unpaired) electrons. The molecule has 0 bridgehead atoms. The van der Waals surface area contributed by atoms with Crippen LogP contribution in [0.5, 0.6) is 0 Å². The number of nitrogens with zero attached hydrogens (tertiary/aromatic N) is 3. The summed E-state index contributed by atoms with van der Waals surface area (Å²) in [6.07, 6.45) is 1.28. The Morgan fingerprint density at radius 2 is 2.38 bits per heavy atom. The van der Waals surface area contributed by atoms with Crippen LogP contribution >= 0.6 is 0 Å². The van der Waals surface area contributed by atoms with Crippen molar-refractivity contribution in [2.75, 3.05) is 5.32 Å². The number of benzene rings is 1. The van der Waals surface area contributed by atoms with Gasteiger partial charge < -0.3 is 9.84 Å². The van der Waals surface area contributed by atoms with Crippen molar-refractivity contribution < 1.29 is 4.52 Å². The van der Waals surface area contributed by atoms with E-state index in [-0.39, 0.29) is 0 Å². The van der Waals surface area contributed by atoms with E-state index >= 15 is 0 Å². The van der Waals surface area contributed by atoms with Crippen molar-refractivity contribution >= 4 is 5.69 Å². The minimum Gasteiger partial charge on any atom is -0.376 e. The van der Waals surface area contributed by atoms with Crippen molar-refractivity contribution in [3.05, 3.63) is 41.5 Å². The number of aryl methyl sites for hydroxylation is 1. The number of aromatic nitrogens is 2. The lowest BCUT2D eigenvalue weighted by Gasteiger charge is -2.08. The minimum absolute atomic E-state index is 0.441. The fourth-order valence-corrected chi connectivity index (χ4v) is 1.43. The first-order valence-corrected chi connectivity index (χ1v) is 4.80. The first-order chi connectivity index (χ1) is 7.81. The maximum absolute atomic E-state index is 8.96. The molecule has 0 amide bonds. The molecule has 0 aliphatic rings. The van der Waals surface area contributed by atoms with Gasteiger partial charge in [0.15, 0.2) is 5.82 Å². The lowest BCUT2D eigenvalue weighted by atomic mass is 10.1. The second-order valence-electron chi connectivity index (χ2n) is 3.31. The largest absolute Gasteiger partial charge is 0.376 e. The third kappa shape index (κ3) is 2.01. The number of para-hydroxylation sites is 1. The van der Waals surface area contributed by atoms with E-state index in [9.17, 15) is 0 Å². The summed E-state index contributed by atoms with van der Waals surface area (Å²) in [5.74, 6) is 0.562. The van der Waals surface area contributed by atoms with Gasteiger partial charge in [-0.1, -0.05) is 17.3 Å². The number of anilines is 1. The van der Waals surface area contributed by atoms with Crippen molar-refractivity contribution in [3.63, 3.8) is 0 Å². The number of hydrogen-bond acceptors (Lipinski definition) is 5. The van der Waals surface area contributed by atoms with Gasteiger partial charge in [-0.15, -0.1) is 0 Å². The Morgan fingerprint density at radius 1 is 1.50 bits per heavy atom. The molecule has 0 unspecified atom stereocenters. The van der Waals surface area contributed by atoms with E-state index in [1.54, 1.807) is 6.07 Å². The Bertz CT molecular complexity index is 513. The molecule has 0 fully saturated rings. The zero-order valence-electron chi connectivity index (χ0n) is 8.77. The summed E-state index contributed by atoms with van der Waals surface area (Å²) < 4.78 is 4.62. The molecule has 2 aromatic rings. The molecule has 1 heterocycles. The molecule has 2 rings (SSSR count). The van der Waals surface area contributed by atoms with Gasteiger partial charge in [-0.05, 0) is 18.6 Å². The monoisotopic (exact) mass is 214 g/mol. The van der Waals surface area contributed by atoms with Crippen LogP contribution in [0, 0.1) is 18.3 Å². The molecule has 0 saturated carbocycles. The average Bonchev–Trinajstić information content (AvgIpc) is 2.80. The molecule has 0 atom stereocenters.